The van der Waals surface area contributed by atoms with E-state index in [0.29, 0.717) is 11.4 Å². The molecule has 0 aliphatic heterocycles. The van der Waals surface area contributed by atoms with Gasteiger partial charge in [0.2, 0.25) is 0 Å². The summed E-state index contributed by atoms with van der Waals surface area (Å²) < 4.78 is 0. The molecule has 0 amide bonds. The first kappa shape index (κ1) is 11.0. The van der Waals surface area contributed by atoms with Gasteiger partial charge in [0.25, 0.3) is 0 Å². The van der Waals surface area contributed by atoms with Gasteiger partial charge < -0.3 is 5.32 Å². The van der Waals surface area contributed by atoms with Gasteiger partial charge in [-0.25, -0.2) is 0 Å². The molecule has 1 aromatic heterocycles. The fourth-order valence-corrected chi connectivity index (χ4v) is 1.35. The second-order valence-corrected chi connectivity index (χ2v) is 3.36. The molecule has 1 unspecified atom stereocenters. The van der Waals surface area contributed by atoms with Gasteiger partial charge in [-0.15, -0.1) is 12.3 Å². The highest BCUT2D eigenvalue weighted by molar-refractivity contribution is 6.30. The van der Waals surface area contributed by atoms with E-state index in [1.165, 1.54) is 0 Å². The van der Waals surface area contributed by atoms with E-state index in [0.717, 1.165) is 12.2 Å². The Balaban J connectivity index is 2.77. The maximum Gasteiger partial charge on any atom is 0.0605 e. The number of terminal acetylenes is 1. The third kappa shape index (κ3) is 3.02. The number of rotatable bonds is 4. The van der Waals surface area contributed by atoms with Gasteiger partial charge in [-0.2, -0.15) is 0 Å². The van der Waals surface area contributed by atoms with Crippen molar-refractivity contribution < 1.29 is 0 Å². The largest absolute Gasteiger partial charge is 0.308 e. The summed E-state index contributed by atoms with van der Waals surface area (Å²) in [6.45, 7) is 2.91. The van der Waals surface area contributed by atoms with Gasteiger partial charge >= 0.3 is 0 Å². The zero-order chi connectivity index (χ0) is 10.4. The second kappa shape index (κ2) is 5.64. The Morgan fingerprint density at radius 1 is 1.64 bits per heavy atom. The van der Waals surface area contributed by atoms with Crippen molar-refractivity contribution in [2.75, 3.05) is 6.54 Å². The third-order valence-electron chi connectivity index (χ3n) is 1.88. The highest BCUT2D eigenvalue weighted by atomic mass is 35.5. The number of hydrogen-bond donors (Lipinski definition) is 1. The lowest BCUT2D eigenvalue weighted by atomic mass is 10.1. The van der Waals surface area contributed by atoms with Gasteiger partial charge in [0.1, 0.15) is 0 Å². The third-order valence-corrected chi connectivity index (χ3v) is 2.10. The van der Waals surface area contributed by atoms with Crippen LogP contribution in [0.15, 0.2) is 18.3 Å². The molecule has 3 heteroatoms. The van der Waals surface area contributed by atoms with Gasteiger partial charge in [0, 0.05) is 12.6 Å². The normalized spacial score (nSPS) is 12.1. The Hall–Kier alpha value is -1.04. The van der Waals surface area contributed by atoms with Crippen molar-refractivity contribution in [2.24, 2.45) is 0 Å². The van der Waals surface area contributed by atoms with E-state index in [4.69, 9.17) is 18.0 Å². The van der Waals surface area contributed by atoms with Gasteiger partial charge in [-0.1, -0.05) is 18.5 Å². The minimum atomic E-state index is 0.127. The van der Waals surface area contributed by atoms with Crippen LogP contribution in [0.3, 0.4) is 0 Å². The molecule has 0 bridgehead atoms. The first-order valence-corrected chi connectivity index (χ1v) is 4.94. The van der Waals surface area contributed by atoms with E-state index in [-0.39, 0.29) is 6.04 Å². The number of hydrogen-bond acceptors (Lipinski definition) is 2. The maximum atomic E-state index is 5.75. The Labute approximate surface area is 89.7 Å². The average molecular weight is 209 g/mol. The van der Waals surface area contributed by atoms with E-state index < -0.39 is 0 Å². The Kier molecular flexibility index (Phi) is 4.45. The summed E-state index contributed by atoms with van der Waals surface area (Å²) in [5.74, 6) is 2.63. The first-order valence-electron chi connectivity index (χ1n) is 4.56. The molecule has 0 saturated heterocycles. The standard InChI is InChI=1S/C11H13ClN2/c1-3-5-10(13-4-2)11-7-6-9(12)8-14-11/h1,6-8,10,13H,4-5H2,2H3. The smallest absolute Gasteiger partial charge is 0.0605 e. The van der Waals surface area contributed by atoms with E-state index in [1.807, 2.05) is 19.1 Å². The van der Waals surface area contributed by atoms with Gasteiger partial charge in [0.15, 0.2) is 0 Å². The van der Waals surface area contributed by atoms with Crippen LogP contribution in [0.5, 0.6) is 0 Å². The van der Waals surface area contributed by atoms with E-state index in [2.05, 4.69) is 16.2 Å². The Morgan fingerprint density at radius 2 is 2.43 bits per heavy atom. The molecule has 1 atom stereocenters. The molecule has 74 valence electrons. The van der Waals surface area contributed by atoms with Crippen molar-refractivity contribution in [3.05, 3.63) is 29.0 Å². The van der Waals surface area contributed by atoms with Crippen LogP contribution in [0, 0.1) is 12.3 Å². The van der Waals surface area contributed by atoms with Crippen LogP contribution in [0.2, 0.25) is 5.02 Å². The fourth-order valence-electron chi connectivity index (χ4n) is 1.24. The summed E-state index contributed by atoms with van der Waals surface area (Å²) in [6.07, 6.45) is 7.56. The molecular weight excluding hydrogens is 196 g/mol. The van der Waals surface area contributed by atoms with Gasteiger partial charge in [0.05, 0.1) is 16.8 Å². The molecule has 0 fully saturated rings. The fraction of sp³-hybridized carbons (Fsp3) is 0.364. The van der Waals surface area contributed by atoms with Crippen molar-refractivity contribution in [1.82, 2.24) is 10.3 Å². The van der Waals surface area contributed by atoms with Crippen LogP contribution < -0.4 is 5.32 Å². The van der Waals surface area contributed by atoms with Crippen LogP contribution in [0.1, 0.15) is 25.1 Å². The topological polar surface area (TPSA) is 24.9 Å². The van der Waals surface area contributed by atoms with Crippen molar-refractivity contribution in [1.29, 1.82) is 0 Å². The monoisotopic (exact) mass is 208 g/mol. The highest BCUT2D eigenvalue weighted by Gasteiger charge is 2.09. The number of pyridine rings is 1. The summed E-state index contributed by atoms with van der Waals surface area (Å²) >= 11 is 5.75. The molecule has 0 aliphatic carbocycles. The highest BCUT2D eigenvalue weighted by Crippen LogP contribution is 2.15. The van der Waals surface area contributed by atoms with Crippen LogP contribution in [-0.4, -0.2) is 11.5 Å². The molecule has 2 nitrogen and oxygen atoms in total. The zero-order valence-corrected chi connectivity index (χ0v) is 8.88. The maximum absolute atomic E-state index is 5.75. The first-order chi connectivity index (χ1) is 6.77. The van der Waals surface area contributed by atoms with Crippen molar-refractivity contribution in [3.8, 4) is 12.3 Å². The van der Waals surface area contributed by atoms with Crippen molar-refractivity contribution in [3.63, 3.8) is 0 Å². The van der Waals surface area contributed by atoms with E-state index >= 15 is 0 Å². The summed E-state index contributed by atoms with van der Waals surface area (Å²) in [5.41, 5.74) is 0.939. The predicted molar refractivity (Wildman–Crippen MR) is 59.1 cm³/mol. The molecule has 0 aromatic carbocycles. The van der Waals surface area contributed by atoms with Crippen LogP contribution >= 0.6 is 11.6 Å². The molecule has 0 radical (unpaired) electrons. The Bertz CT molecular complexity index is 313. The average Bonchev–Trinajstić information content (AvgIpc) is 2.19. The number of nitrogens with one attached hydrogen (secondary N) is 1. The van der Waals surface area contributed by atoms with Crippen molar-refractivity contribution >= 4 is 11.6 Å². The minimum Gasteiger partial charge on any atom is -0.308 e. The summed E-state index contributed by atoms with van der Waals surface area (Å²) in [6, 6.07) is 3.85. The quantitative estimate of drug-likeness (QED) is 0.769. The molecule has 14 heavy (non-hydrogen) atoms. The minimum absolute atomic E-state index is 0.127. The second-order valence-electron chi connectivity index (χ2n) is 2.92. The zero-order valence-electron chi connectivity index (χ0n) is 8.13. The number of halogens is 1. The SMILES string of the molecule is C#CCC(NCC)c1ccc(Cl)cn1. The summed E-state index contributed by atoms with van der Waals surface area (Å²) in [7, 11) is 0. The lowest BCUT2D eigenvalue weighted by Gasteiger charge is -2.14. The molecule has 1 heterocycles. The van der Waals surface area contributed by atoms with Crippen molar-refractivity contribution in [2.45, 2.75) is 19.4 Å². The lowest BCUT2D eigenvalue weighted by Crippen LogP contribution is -2.21. The predicted octanol–water partition coefficient (Wildman–Crippen LogP) is 2.41. The van der Waals surface area contributed by atoms with Crippen LogP contribution in [0.25, 0.3) is 0 Å². The Morgan fingerprint density at radius 3 is 2.93 bits per heavy atom. The van der Waals surface area contributed by atoms with Crippen LogP contribution in [-0.2, 0) is 0 Å². The van der Waals surface area contributed by atoms with E-state index in [9.17, 15) is 0 Å². The summed E-state index contributed by atoms with van der Waals surface area (Å²) in [4.78, 5) is 4.23. The molecular formula is C11H13ClN2. The van der Waals surface area contributed by atoms with Crippen LogP contribution in [0.4, 0.5) is 0 Å². The molecule has 0 spiro atoms. The molecule has 0 saturated carbocycles. The van der Waals surface area contributed by atoms with E-state index in [1.54, 1.807) is 6.20 Å². The molecule has 1 rings (SSSR count). The lowest BCUT2D eigenvalue weighted by molar-refractivity contribution is 0.552. The molecule has 1 N–H and O–H groups in total. The van der Waals surface area contributed by atoms with Gasteiger partial charge in [-0.3, -0.25) is 4.98 Å². The summed E-state index contributed by atoms with van der Waals surface area (Å²) in [5, 5.41) is 3.91. The molecule has 1 aromatic rings. The number of aromatic nitrogens is 1. The van der Waals surface area contributed by atoms with Gasteiger partial charge in [-0.05, 0) is 18.7 Å². The molecule has 0 aliphatic rings. The number of nitrogens with zero attached hydrogens (tertiary/aromatic N) is 1.